The van der Waals surface area contributed by atoms with Crippen molar-refractivity contribution in [3.05, 3.63) is 78.6 Å². The Balaban J connectivity index is 1.73. The first-order valence-electron chi connectivity index (χ1n) is 12.1. The lowest BCUT2D eigenvalue weighted by atomic mass is 9.96. The smallest absolute Gasteiger partial charge is 0.380 e. The van der Waals surface area contributed by atoms with Gasteiger partial charge in [0.15, 0.2) is 0 Å². The van der Waals surface area contributed by atoms with E-state index in [2.05, 4.69) is 20.4 Å². The van der Waals surface area contributed by atoms with Crippen LogP contribution in [-0.4, -0.2) is 35.8 Å². The fourth-order valence-electron chi connectivity index (χ4n) is 4.42. The summed E-state index contributed by atoms with van der Waals surface area (Å²) in [7, 11) is 1.79. The number of nitrogens with zero attached hydrogens (tertiary/aromatic N) is 5. The van der Waals surface area contributed by atoms with E-state index in [-0.39, 0.29) is 11.1 Å². The fourth-order valence-corrected chi connectivity index (χ4v) is 4.42. The van der Waals surface area contributed by atoms with Gasteiger partial charge in [-0.3, -0.25) is 9.48 Å². The van der Waals surface area contributed by atoms with Crippen LogP contribution in [0.1, 0.15) is 36.8 Å². The molecule has 3 N–H and O–H groups in total. The number of alkyl halides is 3. The molecule has 0 unspecified atom stereocenters. The highest BCUT2D eigenvalue weighted by Gasteiger charge is 2.34. The summed E-state index contributed by atoms with van der Waals surface area (Å²) >= 11 is 0. The minimum atomic E-state index is -4.69. The van der Waals surface area contributed by atoms with Gasteiger partial charge in [0, 0.05) is 41.6 Å². The van der Waals surface area contributed by atoms with Gasteiger partial charge in [-0.15, -0.1) is 0 Å². The molecule has 200 valence electrons. The van der Waals surface area contributed by atoms with E-state index in [0.717, 1.165) is 11.6 Å². The molecule has 0 bridgehead atoms. The first kappa shape index (κ1) is 26.0. The molecular formula is C28H26F3N7O. The number of fused-ring (bicyclic) bond motifs is 1. The van der Waals surface area contributed by atoms with E-state index in [9.17, 15) is 18.0 Å². The second-order valence-electron chi connectivity index (χ2n) is 10.3. The molecule has 3 heterocycles. The normalized spacial score (nSPS) is 12.2. The average molecular weight is 534 g/mol. The van der Waals surface area contributed by atoms with E-state index in [4.69, 9.17) is 5.73 Å². The summed E-state index contributed by atoms with van der Waals surface area (Å²) in [4.78, 5) is 20.5. The number of para-hydroxylation sites is 1. The monoisotopic (exact) mass is 533 g/mol. The van der Waals surface area contributed by atoms with Gasteiger partial charge in [-0.25, -0.2) is 9.97 Å². The molecular weight excluding hydrogens is 507 g/mol. The molecule has 0 atom stereocenters. The Labute approximate surface area is 222 Å². The van der Waals surface area contributed by atoms with Crippen molar-refractivity contribution in [2.45, 2.75) is 32.5 Å². The van der Waals surface area contributed by atoms with Crippen LogP contribution in [0, 0.1) is 0 Å². The van der Waals surface area contributed by atoms with E-state index in [0.29, 0.717) is 33.6 Å². The molecule has 39 heavy (non-hydrogen) atoms. The average Bonchev–Trinajstić information content (AvgIpc) is 3.50. The second kappa shape index (κ2) is 9.26. The van der Waals surface area contributed by atoms with Gasteiger partial charge in [0.05, 0.1) is 35.0 Å². The number of nitrogens with one attached hydrogen (secondary N) is 1. The number of amides is 1. The standard InChI is InChI=1S/C28H26F3N7O/c1-27(2,3)36-21-10-16(8-9-19(21)26(32)39)20-11-24(28(29,30)31)35-25-18(20)6-5-7-23(25)38-14-22(33-15-38)17-12-34-37(4)13-17/h5-15,36H,1-4H3,(H2,32,39). The first-order chi connectivity index (χ1) is 18.3. The number of rotatable bonds is 5. The molecule has 1 amide bonds. The number of nitrogens with two attached hydrogens (primary N) is 1. The van der Waals surface area contributed by atoms with E-state index in [1.165, 1.54) is 12.4 Å². The van der Waals surface area contributed by atoms with Crippen molar-refractivity contribution in [2.24, 2.45) is 12.8 Å². The number of primary amides is 1. The summed E-state index contributed by atoms with van der Waals surface area (Å²) < 4.78 is 45.5. The van der Waals surface area contributed by atoms with Crippen LogP contribution in [0.3, 0.4) is 0 Å². The van der Waals surface area contributed by atoms with Crippen molar-refractivity contribution < 1.29 is 18.0 Å². The maximum Gasteiger partial charge on any atom is 0.433 e. The third-order valence-corrected chi connectivity index (χ3v) is 6.08. The molecule has 8 nitrogen and oxygen atoms in total. The third-order valence-electron chi connectivity index (χ3n) is 6.08. The lowest BCUT2D eigenvalue weighted by molar-refractivity contribution is -0.140. The van der Waals surface area contributed by atoms with Crippen LogP contribution >= 0.6 is 0 Å². The number of carbonyl (C=O) groups is 1. The number of anilines is 1. The lowest BCUT2D eigenvalue weighted by Crippen LogP contribution is -2.28. The summed E-state index contributed by atoms with van der Waals surface area (Å²) in [6.07, 6.45) is 2.03. The number of aromatic nitrogens is 5. The largest absolute Gasteiger partial charge is 0.433 e. The van der Waals surface area contributed by atoms with Crippen molar-refractivity contribution in [1.82, 2.24) is 24.3 Å². The van der Waals surface area contributed by atoms with Crippen LogP contribution in [-0.2, 0) is 13.2 Å². The molecule has 2 aromatic carbocycles. The number of halogens is 3. The van der Waals surface area contributed by atoms with Gasteiger partial charge in [-0.05, 0) is 56.2 Å². The van der Waals surface area contributed by atoms with Gasteiger partial charge >= 0.3 is 6.18 Å². The second-order valence-corrected chi connectivity index (χ2v) is 10.3. The van der Waals surface area contributed by atoms with Gasteiger partial charge in [0.25, 0.3) is 5.91 Å². The van der Waals surface area contributed by atoms with Crippen LogP contribution in [0.5, 0.6) is 0 Å². The topological polar surface area (TPSA) is 104 Å². The molecule has 5 rings (SSSR count). The number of hydrogen-bond donors (Lipinski definition) is 2. The maximum absolute atomic E-state index is 14.1. The Hall–Kier alpha value is -4.67. The zero-order valence-electron chi connectivity index (χ0n) is 21.7. The highest BCUT2D eigenvalue weighted by Crippen LogP contribution is 2.38. The SMILES string of the molecule is Cn1cc(-c2cn(-c3cccc4c(-c5ccc(C(N)=O)c(NC(C)(C)C)c5)cc(C(F)(F)F)nc34)cn2)cn1. The van der Waals surface area contributed by atoms with Crippen LogP contribution in [0.15, 0.2) is 67.4 Å². The molecule has 3 aromatic heterocycles. The van der Waals surface area contributed by atoms with Crippen molar-refractivity contribution >= 4 is 22.5 Å². The Kier molecular flexibility index (Phi) is 6.16. The maximum atomic E-state index is 14.1. The molecule has 11 heteroatoms. The summed E-state index contributed by atoms with van der Waals surface area (Å²) in [5.74, 6) is -0.643. The van der Waals surface area contributed by atoms with Crippen LogP contribution < -0.4 is 11.1 Å². The first-order valence-corrected chi connectivity index (χ1v) is 12.1. The molecule has 0 spiro atoms. The van der Waals surface area contributed by atoms with Crippen LogP contribution in [0.25, 0.3) is 39.0 Å². The van der Waals surface area contributed by atoms with Gasteiger partial charge in [-0.1, -0.05) is 18.2 Å². The van der Waals surface area contributed by atoms with Crippen molar-refractivity contribution in [3.63, 3.8) is 0 Å². The number of pyridine rings is 1. The van der Waals surface area contributed by atoms with Gasteiger partial charge in [0.2, 0.25) is 0 Å². The number of imidazole rings is 1. The van der Waals surface area contributed by atoms with E-state index >= 15 is 0 Å². The van der Waals surface area contributed by atoms with E-state index < -0.39 is 23.3 Å². The molecule has 0 radical (unpaired) electrons. The van der Waals surface area contributed by atoms with E-state index in [1.807, 2.05) is 20.8 Å². The predicted molar refractivity (Wildman–Crippen MR) is 143 cm³/mol. The summed E-state index contributed by atoms with van der Waals surface area (Å²) in [6.45, 7) is 5.72. The van der Waals surface area contributed by atoms with Crippen LogP contribution in [0.4, 0.5) is 18.9 Å². The summed E-state index contributed by atoms with van der Waals surface area (Å²) in [5.41, 5.74) is 7.55. The molecule has 0 saturated carbocycles. The minimum absolute atomic E-state index is 0.154. The zero-order valence-corrected chi connectivity index (χ0v) is 21.7. The molecule has 5 aromatic rings. The molecule has 0 fully saturated rings. The molecule has 0 aliphatic heterocycles. The number of benzene rings is 2. The Morgan fingerprint density at radius 3 is 2.44 bits per heavy atom. The summed E-state index contributed by atoms with van der Waals surface area (Å²) in [5, 5.41) is 7.89. The molecule has 0 aliphatic carbocycles. The van der Waals surface area contributed by atoms with Gasteiger partial charge < -0.3 is 15.6 Å². The van der Waals surface area contributed by atoms with E-state index in [1.54, 1.807) is 65.2 Å². The van der Waals surface area contributed by atoms with Gasteiger partial charge in [-0.2, -0.15) is 18.3 Å². The Bertz CT molecular complexity index is 1710. The quantitative estimate of drug-likeness (QED) is 0.297. The fraction of sp³-hybridized carbons (Fsp3) is 0.214. The Morgan fingerprint density at radius 2 is 1.79 bits per heavy atom. The number of carbonyl (C=O) groups excluding carboxylic acids is 1. The highest BCUT2D eigenvalue weighted by molar-refractivity contribution is 6.02. The minimum Gasteiger partial charge on any atom is -0.380 e. The van der Waals surface area contributed by atoms with Crippen molar-refractivity contribution in [3.8, 4) is 28.1 Å². The highest BCUT2D eigenvalue weighted by atomic mass is 19.4. The number of aryl methyl sites for hydroxylation is 1. The third kappa shape index (κ3) is 5.20. The summed E-state index contributed by atoms with van der Waals surface area (Å²) in [6, 6.07) is 11.0. The Morgan fingerprint density at radius 1 is 1.03 bits per heavy atom. The lowest BCUT2D eigenvalue weighted by Gasteiger charge is -2.24. The zero-order chi connectivity index (χ0) is 28.1. The predicted octanol–water partition coefficient (Wildman–Crippen LogP) is 5.82. The van der Waals surface area contributed by atoms with Crippen LogP contribution in [0.2, 0.25) is 0 Å². The van der Waals surface area contributed by atoms with Gasteiger partial charge in [0.1, 0.15) is 5.69 Å². The molecule has 0 saturated heterocycles. The van der Waals surface area contributed by atoms with Crippen molar-refractivity contribution in [1.29, 1.82) is 0 Å². The number of hydrogen-bond acceptors (Lipinski definition) is 5. The van der Waals surface area contributed by atoms with Crippen molar-refractivity contribution in [2.75, 3.05) is 5.32 Å². The molecule has 0 aliphatic rings.